The zero-order valence-electron chi connectivity index (χ0n) is 15.3. The van der Waals surface area contributed by atoms with Crippen LogP contribution in [0.2, 0.25) is 0 Å². The summed E-state index contributed by atoms with van der Waals surface area (Å²) in [6.45, 7) is 6.09. The van der Waals surface area contributed by atoms with Gasteiger partial charge < -0.3 is 15.5 Å². The Hall–Kier alpha value is -2.66. The molecule has 0 spiro atoms. The summed E-state index contributed by atoms with van der Waals surface area (Å²) in [6.07, 6.45) is 0.119. The van der Waals surface area contributed by atoms with Gasteiger partial charge in [-0.25, -0.2) is 4.79 Å². The Kier molecular flexibility index (Phi) is 6.16. The molecule has 3 N–H and O–H groups in total. The van der Waals surface area contributed by atoms with Gasteiger partial charge in [0.1, 0.15) is 0 Å². The van der Waals surface area contributed by atoms with Crippen molar-refractivity contribution in [2.75, 3.05) is 6.54 Å². The molecule has 0 aliphatic carbocycles. The van der Waals surface area contributed by atoms with Gasteiger partial charge in [0.2, 0.25) is 0 Å². The van der Waals surface area contributed by atoms with E-state index in [0.717, 1.165) is 0 Å². The third-order valence-corrected chi connectivity index (χ3v) is 4.19. The molecule has 5 nitrogen and oxygen atoms in total. The second-order valence-corrected chi connectivity index (χ2v) is 7.30. The Labute approximate surface area is 153 Å². The summed E-state index contributed by atoms with van der Waals surface area (Å²) in [4.78, 5) is 24.2. The van der Waals surface area contributed by atoms with E-state index in [1.54, 1.807) is 49.4 Å². The number of amides is 1. The van der Waals surface area contributed by atoms with Crippen LogP contribution in [0.25, 0.3) is 11.1 Å². The molecule has 0 radical (unpaired) electrons. The van der Waals surface area contributed by atoms with Crippen LogP contribution in [-0.4, -0.2) is 34.7 Å². The largest absolute Gasteiger partial charge is 0.478 e. The second kappa shape index (κ2) is 8.15. The van der Waals surface area contributed by atoms with Gasteiger partial charge in [0.05, 0.1) is 11.7 Å². The maximum absolute atomic E-state index is 12.7. The lowest BCUT2D eigenvalue weighted by atomic mass is 9.87. The fraction of sp³-hybridized carbons (Fsp3) is 0.333. The molecule has 0 bridgehead atoms. The molecule has 2 aromatic rings. The smallest absolute Gasteiger partial charge is 0.336 e. The fourth-order valence-electron chi connectivity index (χ4n) is 3.11. The van der Waals surface area contributed by atoms with E-state index in [1.807, 2.05) is 13.8 Å². The molecule has 138 valence electrons. The number of aliphatic hydroxyl groups excluding tert-OH is 1. The molecule has 0 saturated carbocycles. The molecule has 2 aromatic carbocycles. The second-order valence-electron chi connectivity index (χ2n) is 7.30. The first kappa shape index (κ1) is 19.7. The van der Waals surface area contributed by atoms with Crippen LogP contribution < -0.4 is 5.32 Å². The molecule has 26 heavy (non-hydrogen) atoms. The van der Waals surface area contributed by atoms with E-state index >= 15 is 0 Å². The molecule has 1 amide bonds. The molecule has 1 atom stereocenters. The fourth-order valence-corrected chi connectivity index (χ4v) is 3.11. The molecule has 0 saturated heterocycles. The maximum Gasteiger partial charge on any atom is 0.336 e. The summed E-state index contributed by atoms with van der Waals surface area (Å²) in [6, 6.07) is 13.6. The highest BCUT2D eigenvalue weighted by molar-refractivity contribution is 6.04. The van der Waals surface area contributed by atoms with Gasteiger partial charge in [-0.05, 0) is 42.0 Å². The van der Waals surface area contributed by atoms with Crippen LogP contribution in [0.3, 0.4) is 0 Å². The standard InChI is InChI=1S/C21H25NO4/c1-14(23)12-21(2,3)13-22-19(24)17-10-6-4-8-15(17)16-9-5-7-11-18(16)20(25)26/h4-11,14,23H,12-13H2,1-3H3,(H,22,24)(H,25,26). The highest BCUT2D eigenvalue weighted by Gasteiger charge is 2.23. The lowest BCUT2D eigenvalue weighted by Crippen LogP contribution is -2.35. The molecule has 5 heteroatoms. The van der Waals surface area contributed by atoms with Gasteiger partial charge in [-0.15, -0.1) is 0 Å². The number of carboxylic acid groups (broad SMARTS) is 1. The average Bonchev–Trinajstić information content (AvgIpc) is 2.58. The first-order chi connectivity index (χ1) is 12.2. The average molecular weight is 355 g/mol. The van der Waals surface area contributed by atoms with E-state index in [1.165, 1.54) is 6.07 Å². The summed E-state index contributed by atoms with van der Waals surface area (Å²) in [5.74, 6) is -1.30. The van der Waals surface area contributed by atoms with Crippen LogP contribution in [0.1, 0.15) is 47.9 Å². The Morgan fingerprint density at radius 1 is 1.00 bits per heavy atom. The van der Waals surface area contributed by atoms with Crippen LogP contribution >= 0.6 is 0 Å². The minimum atomic E-state index is -1.03. The van der Waals surface area contributed by atoms with Crippen LogP contribution in [0, 0.1) is 5.41 Å². The van der Waals surface area contributed by atoms with E-state index in [4.69, 9.17) is 0 Å². The number of hydrogen-bond donors (Lipinski definition) is 3. The Balaban J connectivity index is 2.30. The van der Waals surface area contributed by atoms with Gasteiger partial charge >= 0.3 is 5.97 Å². The quantitative estimate of drug-likeness (QED) is 0.708. The predicted octanol–water partition coefficient (Wildman–Crippen LogP) is 3.58. The number of carbonyl (C=O) groups excluding carboxylic acids is 1. The Bertz CT molecular complexity index is 796. The lowest BCUT2D eigenvalue weighted by Gasteiger charge is -2.26. The molecule has 2 rings (SSSR count). The van der Waals surface area contributed by atoms with Crippen LogP contribution in [0.4, 0.5) is 0 Å². The summed E-state index contributed by atoms with van der Waals surface area (Å²) >= 11 is 0. The van der Waals surface area contributed by atoms with E-state index in [-0.39, 0.29) is 16.9 Å². The van der Waals surface area contributed by atoms with Gasteiger partial charge in [0.15, 0.2) is 0 Å². The number of hydrogen-bond acceptors (Lipinski definition) is 3. The van der Waals surface area contributed by atoms with E-state index in [2.05, 4.69) is 5.32 Å². The van der Waals surface area contributed by atoms with Gasteiger partial charge in [-0.1, -0.05) is 50.2 Å². The monoisotopic (exact) mass is 355 g/mol. The van der Waals surface area contributed by atoms with Gasteiger partial charge in [-0.3, -0.25) is 4.79 Å². The number of aromatic carboxylic acids is 1. The third kappa shape index (κ3) is 4.92. The first-order valence-corrected chi connectivity index (χ1v) is 8.59. The van der Waals surface area contributed by atoms with Gasteiger partial charge in [0, 0.05) is 12.1 Å². The molecule has 0 fully saturated rings. The molecule has 0 aliphatic rings. The van der Waals surface area contributed by atoms with Crippen molar-refractivity contribution in [3.8, 4) is 11.1 Å². The first-order valence-electron chi connectivity index (χ1n) is 8.59. The topological polar surface area (TPSA) is 86.6 Å². The number of carboxylic acids is 1. The normalized spacial score (nSPS) is 12.5. The predicted molar refractivity (Wildman–Crippen MR) is 101 cm³/mol. The van der Waals surface area contributed by atoms with Gasteiger partial charge in [0.25, 0.3) is 5.91 Å². The Morgan fingerprint density at radius 3 is 2.04 bits per heavy atom. The summed E-state index contributed by atoms with van der Waals surface area (Å²) in [5, 5.41) is 21.9. The van der Waals surface area contributed by atoms with Crippen molar-refractivity contribution in [3.05, 3.63) is 59.7 Å². The zero-order valence-corrected chi connectivity index (χ0v) is 15.3. The van der Waals surface area contributed by atoms with Crippen LogP contribution in [-0.2, 0) is 0 Å². The molecule has 0 heterocycles. The third-order valence-electron chi connectivity index (χ3n) is 4.19. The van der Waals surface area contributed by atoms with Gasteiger partial charge in [-0.2, -0.15) is 0 Å². The molecule has 0 aromatic heterocycles. The van der Waals surface area contributed by atoms with Crippen LogP contribution in [0.5, 0.6) is 0 Å². The lowest BCUT2D eigenvalue weighted by molar-refractivity contribution is 0.0697. The summed E-state index contributed by atoms with van der Waals surface area (Å²) in [7, 11) is 0. The number of aliphatic hydroxyl groups is 1. The summed E-state index contributed by atoms with van der Waals surface area (Å²) < 4.78 is 0. The minimum Gasteiger partial charge on any atom is -0.478 e. The van der Waals surface area contributed by atoms with E-state index in [0.29, 0.717) is 29.7 Å². The number of nitrogens with one attached hydrogen (secondary N) is 1. The molecule has 0 aliphatic heterocycles. The molecular weight excluding hydrogens is 330 g/mol. The van der Waals surface area contributed by atoms with Crippen molar-refractivity contribution in [2.45, 2.75) is 33.3 Å². The minimum absolute atomic E-state index is 0.155. The van der Waals surface area contributed by atoms with Crippen LogP contribution in [0.15, 0.2) is 48.5 Å². The summed E-state index contributed by atoms with van der Waals surface area (Å²) in [5.41, 5.74) is 1.42. The zero-order chi connectivity index (χ0) is 19.3. The highest BCUT2D eigenvalue weighted by atomic mass is 16.4. The molecule has 1 unspecified atom stereocenters. The van der Waals surface area contributed by atoms with Crippen molar-refractivity contribution >= 4 is 11.9 Å². The highest BCUT2D eigenvalue weighted by Crippen LogP contribution is 2.28. The van der Waals surface area contributed by atoms with Crippen molar-refractivity contribution in [1.82, 2.24) is 5.32 Å². The number of rotatable bonds is 7. The van der Waals surface area contributed by atoms with E-state index < -0.39 is 12.1 Å². The number of benzene rings is 2. The SMILES string of the molecule is CC(O)CC(C)(C)CNC(=O)c1ccccc1-c1ccccc1C(=O)O. The van der Waals surface area contributed by atoms with Crippen molar-refractivity contribution < 1.29 is 19.8 Å². The van der Waals surface area contributed by atoms with E-state index in [9.17, 15) is 19.8 Å². The number of carbonyl (C=O) groups is 2. The Morgan fingerprint density at radius 2 is 1.50 bits per heavy atom. The van der Waals surface area contributed by atoms with Crippen molar-refractivity contribution in [1.29, 1.82) is 0 Å². The van der Waals surface area contributed by atoms with Crippen molar-refractivity contribution in [3.63, 3.8) is 0 Å². The maximum atomic E-state index is 12.7. The molecular formula is C21H25NO4. The van der Waals surface area contributed by atoms with Crippen molar-refractivity contribution in [2.24, 2.45) is 5.41 Å².